The van der Waals surface area contributed by atoms with E-state index in [0.717, 1.165) is 5.69 Å². The Bertz CT molecular complexity index is 950. The predicted octanol–water partition coefficient (Wildman–Crippen LogP) is 3.06. The number of furan rings is 1. The summed E-state index contributed by atoms with van der Waals surface area (Å²) in [5.74, 6) is 1.25. The molecule has 3 heterocycles. The molecule has 4 aromatic rings. The first-order valence-electron chi connectivity index (χ1n) is 8.54. The molecule has 0 aliphatic carbocycles. The highest BCUT2D eigenvalue weighted by atomic mass is 16.4. The molecule has 0 bridgehead atoms. The Hall–Kier alpha value is -2.96. The van der Waals surface area contributed by atoms with Gasteiger partial charge < -0.3 is 9.52 Å². The van der Waals surface area contributed by atoms with E-state index in [1.807, 2.05) is 41.1 Å². The van der Waals surface area contributed by atoms with Crippen molar-refractivity contribution in [2.24, 2.45) is 0 Å². The molecule has 1 unspecified atom stereocenters. The molecule has 1 atom stereocenters. The molecule has 3 aromatic heterocycles. The van der Waals surface area contributed by atoms with Crippen molar-refractivity contribution >= 4 is 5.78 Å². The SMILES string of the molecule is OC(CN(Cc1ccccc1)Cc1cnc2ncccn12)c1ccco1. The number of rotatable bonds is 7. The molecule has 0 saturated heterocycles. The van der Waals surface area contributed by atoms with Gasteiger partial charge in [0.2, 0.25) is 5.78 Å². The van der Waals surface area contributed by atoms with Gasteiger partial charge in [0.25, 0.3) is 0 Å². The second-order valence-corrected chi connectivity index (χ2v) is 6.23. The van der Waals surface area contributed by atoms with Crippen LogP contribution in [-0.4, -0.2) is 30.9 Å². The Morgan fingerprint density at radius 2 is 1.92 bits per heavy atom. The maximum absolute atomic E-state index is 10.5. The minimum atomic E-state index is -0.689. The highest BCUT2D eigenvalue weighted by Gasteiger charge is 2.18. The van der Waals surface area contributed by atoms with Crippen LogP contribution in [0.25, 0.3) is 5.78 Å². The van der Waals surface area contributed by atoms with E-state index in [-0.39, 0.29) is 0 Å². The van der Waals surface area contributed by atoms with Crippen molar-refractivity contribution in [1.29, 1.82) is 0 Å². The van der Waals surface area contributed by atoms with E-state index in [1.54, 1.807) is 24.6 Å². The molecule has 0 fully saturated rings. The summed E-state index contributed by atoms with van der Waals surface area (Å²) in [7, 11) is 0. The molecule has 132 valence electrons. The third-order valence-electron chi connectivity index (χ3n) is 4.30. The van der Waals surface area contributed by atoms with Crippen molar-refractivity contribution in [3.05, 3.63) is 90.4 Å². The lowest BCUT2D eigenvalue weighted by Gasteiger charge is -2.24. The molecule has 0 aliphatic rings. The summed E-state index contributed by atoms with van der Waals surface area (Å²) in [5.41, 5.74) is 2.21. The fourth-order valence-electron chi connectivity index (χ4n) is 3.07. The van der Waals surface area contributed by atoms with Crippen LogP contribution in [0.1, 0.15) is 23.1 Å². The van der Waals surface area contributed by atoms with Gasteiger partial charge in [-0.05, 0) is 23.8 Å². The fraction of sp³-hybridized carbons (Fsp3) is 0.200. The number of imidazole rings is 1. The Morgan fingerprint density at radius 3 is 2.73 bits per heavy atom. The molecule has 1 N–H and O–H groups in total. The molecule has 0 radical (unpaired) electrons. The standard InChI is InChI=1S/C20H20N4O2/c25-18(19-8-4-11-26-19)15-23(13-16-6-2-1-3-7-16)14-17-12-22-20-21-9-5-10-24(17)20/h1-12,18,25H,13-15H2. The minimum absolute atomic E-state index is 0.454. The molecular formula is C20H20N4O2. The van der Waals surface area contributed by atoms with Crippen LogP contribution in [0.5, 0.6) is 0 Å². The first-order valence-corrected chi connectivity index (χ1v) is 8.54. The number of hydrogen-bond donors (Lipinski definition) is 1. The Labute approximate surface area is 151 Å². The Morgan fingerprint density at radius 1 is 1.04 bits per heavy atom. The van der Waals surface area contributed by atoms with Crippen LogP contribution in [0.3, 0.4) is 0 Å². The van der Waals surface area contributed by atoms with Crippen LogP contribution < -0.4 is 0 Å². The lowest BCUT2D eigenvalue weighted by Crippen LogP contribution is -2.28. The molecule has 4 rings (SSSR count). The zero-order valence-electron chi connectivity index (χ0n) is 14.3. The van der Waals surface area contributed by atoms with Crippen LogP contribution in [0.2, 0.25) is 0 Å². The quantitative estimate of drug-likeness (QED) is 0.556. The summed E-state index contributed by atoms with van der Waals surface area (Å²) >= 11 is 0. The smallest absolute Gasteiger partial charge is 0.233 e. The van der Waals surface area contributed by atoms with Crippen LogP contribution in [0.4, 0.5) is 0 Å². The number of benzene rings is 1. The topological polar surface area (TPSA) is 66.8 Å². The number of aliphatic hydroxyl groups excluding tert-OH is 1. The highest BCUT2D eigenvalue weighted by molar-refractivity contribution is 5.30. The molecular weight excluding hydrogens is 328 g/mol. The monoisotopic (exact) mass is 348 g/mol. The predicted molar refractivity (Wildman–Crippen MR) is 97.2 cm³/mol. The molecule has 26 heavy (non-hydrogen) atoms. The molecule has 1 aromatic carbocycles. The minimum Gasteiger partial charge on any atom is -0.467 e. The third-order valence-corrected chi connectivity index (χ3v) is 4.30. The average Bonchev–Trinajstić information content (AvgIpc) is 3.33. The van der Waals surface area contributed by atoms with Crippen molar-refractivity contribution in [2.45, 2.75) is 19.2 Å². The van der Waals surface area contributed by atoms with Gasteiger partial charge in [0, 0.05) is 32.0 Å². The van der Waals surface area contributed by atoms with E-state index in [0.29, 0.717) is 31.2 Å². The molecule has 6 nitrogen and oxygen atoms in total. The number of nitrogens with zero attached hydrogens (tertiary/aromatic N) is 4. The van der Waals surface area contributed by atoms with E-state index >= 15 is 0 Å². The number of hydrogen-bond acceptors (Lipinski definition) is 5. The van der Waals surface area contributed by atoms with Crippen LogP contribution in [0, 0.1) is 0 Å². The average molecular weight is 348 g/mol. The largest absolute Gasteiger partial charge is 0.467 e. The van der Waals surface area contributed by atoms with Crippen molar-refractivity contribution in [2.75, 3.05) is 6.54 Å². The summed E-state index contributed by atoms with van der Waals surface area (Å²) < 4.78 is 7.32. The fourth-order valence-corrected chi connectivity index (χ4v) is 3.07. The summed E-state index contributed by atoms with van der Waals surface area (Å²) in [5, 5.41) is 10.5. The van der Waals surface area contributed by atoms with Crippen LogP contribution >= 0.6 is 0 Å². The van der Waals surface area contributed by atoms with Gasteiger partial charge in [0.1, 0.15) is 11.9 Å². The Balaban J connectivity index is 1.57. The van der Waals surface area contributed by atoms with Gasteiger partial charge in [-0.15, -0.1) is 0 Å². The van der Waals surface area contributed by atoms with Gasteiger partial charge >= 0.3 is 0 Å². The first-order chi connectivity index (χ1) is 12.8. The van der Waals surface area contributed by atoms with E-state index in [2.05, 4.69) is 27.0 Å². The maximum Gasteiger partial charge on any atom is 0.233 e. The molecule has 0 aliphatic heterocycles. The highest BCUT2D eigenvalue weighted by Crippen LogP contribution is 2.18. The molecule has 0 saturated carbocycles. The van der Waals surface area contributed by atoms with Gasteiger partial charge in [-0.25, -0.2) is 9.97 Å². The van der Waals surface area contributed by atoms with Crippen LogP contribution in [-0.2, 0) is 13.1 Å². The van der Waals surface area contributed by atoms with E-state index in [9.17, 15) is 5.11 Å². The summed E-state index contributed by atoms with van der Waals surface area (Å²) in [6.07, 6.45) is 6.41. The lowest BCUT2D eigenvalue weighted by atomic mass is 10.2. The summed E-state index contributed by atoms with van der Waals surface area (Å²) in [4.78, 5) is 10.8. The summed E-state index contributed by atoms with van der Waals surface area (Å²) in [6.45, 7) is 1.81. The third kappa shape index (κ3) is 3.66. The van der Waals surface area contributed by atoms with Gasteiger partial charge in [-0.3, -0.25) is 9.30 Å². The van der Waals surface area contributed by atoms with Crippen molar-refractivity contribution < 1.29 is 9.52 Å². The van der Waals surface area contributed by atoms with Gasteiger partial charge in [0.15, 0.2) is 0 Å². The van der Waals surface area contributed by atoms with E-state index in [1.165, 1.54) is 5.56 Å². The van der Waals surface area contributed by atoms with E-state index in [4.69, 9.17) is 4.42 Å². The van der Waals surface area contributed by atoms with Crippen molar-refractivity contribution in [1.82, 2.24) is 19.3 Å². The molecule has 0 amide bonds. The first kappa shape index (κ1) is 16.5. The van der Waals surface area contributed by atoms with Gasteiger partial charge in [-0.1, -0.05) is 30.3 Å². The number of fused-ring (bicyclic) bond motifs is 1. The van der Waals surface area contributed by atoms with Gasteiger partial charge in [0.05, 0.1) is 18.2 Å². The van der Waals surface area contributed by atoms with Gasteiger partial charge in [-0.2, -0.15) is 0 Å². The summed E-state index contributed by atoms with van der Waals surface area (Å²) in [6, 6.07) is 15.7. The molecule has 0 spiro atoms. The zero-order chi connectivity index (χ0) is 17.8. The van der Waals surface area contributed by atoms with Crippen molar-refractivity contribution in [3.63, 3.8) is 0 Å². The van der Waals surface area contributed by atoms with Crippen molar-refractivity contribution in [3.8, 4) is 0 Å². The van der Waals surface area contributed by atoms with E-state index < -0.39 is 6.10 Å². The zero-order valence-corrected chi connectivity index (χ0v) is 14.3. The van der Waals surface area contributed by atoms with Crippen LogP contribution in [0.15, 0.2) is 77.8 Å². The normalized spacial score (nSPS) is 12.7. The maximum atomic E-state index is 10.5. The molecule has 6 heteroatoms. The second kappa shape index (κ2) is 7.51. The Kier molecular flexibility index (Phi) is 4.77. The number of aliphatic hydroxyl groups is 1. The lowest BCUT2D eigenvalue weighted by molar-refractivity contribution is 0.0865. The number of aromatic nitrogens is 3. The second-order valence-electron chi connectivity index (χ2n) is 6.23.